The van der Waals surface area contributed by atoms with Crippen molar-refractivity contribution in [3.8, 4) is 0 Å². The molecule has 0 radical (unpaired) electrons. The fraction of sp³-hybridized carbons (Fsp3) is 0.923. The van der Waals surface area contributed by atoms with Crippen molar-refractivity contribution in [1.29, 1.82) is 0 Å². The quantitative estimate of drug-likeness (QED) is 0.730. The minimum atomic E-state index is -0.0510. The van der Waals surface area contributed by atoms with Gasteiger partial charge in [0.15, 0.2) is 0 Å². The van der Waals surface area contributed by atoms with E-state index in [1.165, 1.54) is 12.8 Å². The van der Waals surface area contributed by atoms with Crippen LogP contribution in [0.5, 0.6) is 0 Å². The molecule has 1 unspecified atom stereocenters. The van der Waals surface area contributed by atoms with Crippen LogP contribution in [-0.4, -0.2) is 38.3 Å². The van der Waals surface area contributed by atoms with Crippen molar-refractivity contribution in [1.82, 2.24) is 10.6 Å². The second kappa shape index (κ2) is 5.83. The maximum absolute atomic E-state index is 11.7. The molecule has 2 aliphatic rings. The molecule has 4 heteroatoms. The van der Waals surface area contributed by atoms with E-state index in [-0.39, 0.29) is 11.5 Å². The third-order valence-electron chi connectivity index (χ3n) is 4.25. The highest BCUT2D eigenvalue weighted by Crippen LogP contribution is 2.34. The Morgan fingerprint density at radius 1 is 1.53 bits per heavy atom. The largest absolute Gasteiger partial charge is 0.376 e. The summed E-state index contributed by atoms with van der Waals surface area (Å²) < 4.78 is 5.48. The first kappa shape index (κ1) is 12.8. The highest BCUT2D eigenvalue weighted by Gasteiger charge is 2.37. The van der Waals surface area contributed by atoms with Gasteiger partial charge < -0.3 is 15.4 Å². The number of methoxy groups -OCH3 is 1. The molecule has 1 amide bonds. The molecule has 0 aromatic rings. The van der Waals surface area contributed by atoms with Gasteiger partial charge in [-0.25, -0.2) is 0 Å². The molecule has 98 valence electrons. The molecule has 2 fully saturated rings. The highest BCUT2D eigenvalue weighted by molar-refractivity contribution is 5.75. The second-order valence-corrected chi connectivity index (χ2v) is 5.41. The van der Waals surface area contributed by atoms with Crippen LogP contribution < -0.4 is 10.6 Å². The monoisotopic (exact) mass is 240 g/mol. The van der Waals surface area contributed by atoms with Gasteiger partial charge in [-0.1, -0.05) is 0 Å². The van der Waals surface area contributed by atoms with Crippen molar-refractivity contribution >= 4 is 5.91 Å². The lowest BCUT2D eigenvalue weighted by Crippen LogP contribution is -2.49. The molecule has 1 aliphatic heterocycles. The Hall–Kier alpha value is -0.610. The van der Waals surface area contributed by atoms with Gasteiger partial charge in [0.05, 0.1) is 5.60 Å². The summed E-state index contributed by atoms with van der Waals surface area (Å²) in [5.74, 6) is 0.876. The van der Waals surface area contributed by atoms with Crippen molar-refractivity contribution in [2.75, 3.05) is 26.7 Å². The summed E-state index contributed by atoms with van der Waals surface area (Å²) in [5, 5.41) is 6.34. The Bertz CT molecular complexity index is 253. The van der Waals surface area contributed by atoms with Crippen molar-refractivity contribution in [3.63, 3.8) is 0 Å². The molecule has 4 nitrogen and oxygen atoms in total. The zero-order valence-corrected chi connectivity index (χ0v) is 10.8. The molecule has 1 aliphatic carbocycles. The Balaban J connectivity index is 1.60. The Labute approximate surface area is 103 Å². The summed E-state index contributed by atoms with van der Waals surface area (Å²) in [4.78, 5) is 11.7. The highest BCUT2D eigenvalue weighted by atomic mass is 16.5. The van der Waals surface area contributed by atoms with E-state index in [4.69, 9.17) is 4.74 Å². The SMILES string of the molecule is COC1(CNC(=O)CCC2CCNC2)CCC1. The molecule has 1 saturated heterocycles. The van der Waals surface area contributed by atoms with E-state index in [0.717, 1.165) is 32.4 Å². The van der Waals surface area contributed by atoms with Gasteiger partial charge in [-0.05, 0) is 51.1 Å². The fourth-order valence-electron chi connectivity index (χ4n) is 2.67. The van der Waals surface area contributed by atoms with E-state index in [0.29, 0.717) is 18.9 Å². The summed E-state index contributed by atoms with van der Waals surface area (Å²) in [5.41, 5.74) is -0.0510. The van der Waals surface area contributed by atoms with Crippen LogP contribution in [0.25, 0.3) is 0 Å². The number of rotatable bonds is 6. The van der Waals surface area contributed by atoms with Crippen molar-refractivity contribution in [2.45, 2.75) is 44.1 Å². The molecule has 2 N–H and O–H groups in total. The van der Waals surface area contributed by atoms with Gasteiger partial charge in [-0.3, -0.25) is 4.79 Å². The van der Waals surface area contributed by atoms with Gasteiger partial charge in [0, 0.05) is 20.1 Å². The van der Waals surface area contributed by atoms with E-state index >= 15 is 0 Å². The zero-order chi connectivity index (χ0) is 12.1. The molecular formula is C13H24N2O2. The minimum Gasteiger partial charge on any atom is -0.376 e. The molecule has 0 bridgehead atoms. The Morgan fingerprint density at radius 2 is 2.35 bits per heavy atom. The number of carbonyl (C=O) groups excluding carboxylic acids is 1. The minimum absolute atomic E-state index is 0.0510. The van der Waals surface area contributed by atoms with Gasteiger partial charge in [0.2, 0.25) is 5.91 Å². The summed E-state index contributed by atoms with van der Waals surface area (Å²) in [6, 6.07) is 0. The van der Waals surface area contributed by atoms with Gasteiger partial charge in [0.1, 0.15) is 0 Å². The predicted octanol–water partition coefficient (Wildman–Crippen LogP) is 1.06. The molecule has 2 rings (SSSR count). The van der Waals surface area contributed by atoms with Crippen LogP contribution in [-0.2, 0) is 9.53 Å². The number of hydrogen-bond donors (Lipinski definition) is 2. The van der Waals surface area contributed by atoms with Crippen LogP contribution in [0.1, 0.15) is 38.5 Å². The summed E-state index contributed by atoms with van der Waals surface area (Å²) in [6.07, 6.45) is 6.27. The van der Waals surface area contributed by atoms with Crippen LogP contribution in [0.4, 0.5) is 0 Å². The first-order chi connectivity index (χ1) is 8.24. The van der Waals surface area contributed by atoms with Crippen LogP contribution in [0, 0.1) is 5.92 Å². The smallest absolute Gasteiger partial charge is 0.220 e. The molecule has 0 aromatic heterocycles. The molecular weight excluding hydrogens is 216 g/mol. The van der Waals surface area contributed by atoms with Gasteiger partial charge in [-0.15, -0.1) is 0 Å². The normalized spacial score (nSPS) is 26.5. The standard InChI is InChI=1S/C13H24N2O2/c1-17-13(6-2-7-13)10-15-12(16)4-3-11-5-8-14-9-11/h11,14H,2-10H2,1H3,(H,15,16). The molecule has 1 atom stereocenters. The number of hydrogen-bond acceptors (Lipinski definition) is 3. The van der Waals surface area contributed by atoms with Crippen molar-refractivity contribution in [2.24, 2.45) is 5.92 Å². The predicted molar refractivity (Wildman–Crippen MR) is 66.8 cm³/mol. The fourth-order valence-corrected chi connectivity index (χ4v) is 2.67. The molecule has 1 saturated carbocycles. The lowest BCUT2D eigenvalue weighted by Gasteiger charge is -2.40. The first-order valence-corrected chi connectivity index (χ1v) is 6.77. The number of carbonyl (C=O) groups is 1. The van der Waals surface area contributed by atoms with Crippen LogP contribution in [0.15, 0.2) is 0 Å². The number of amides is 1. The maximum atomic E-state index is 11.7. The lowest BCUT2D eigenvalue weighted by atomic mass is 9.80. The Kier molecular flexibility index (Phi) is 4.40. The third-order valence-corrected chi connectivity index (χ3v) is 4.25. The molecule has 0 aromatic carbocycles. The van der Waals surface area contributed by atoms with E-state index in [1.54, 1.807) is 7.11 Å². The van der Waals surface area contributed by atoms with Gasteiger partial charge in [0.25, 0.3) is 0 Å². The summed E-state index contributed by atoms with van der Waals surface area (Å²) >= 11 is 0. The van der Waals surface area contributed by atoms with E-state index < -0.39 is 0 Å². The van der Waals surface area contributed by atoms with Crippen LogP contribution >= 0.6 is 0 Å². The Morgan fingerprint density at radius 3 is 2.88 bits per heavy atom. The van der Waals surface area contributed by atoms with E-state index in [1.807, 2.05) is 0 Å². The third kappa shape index (κ3) is 3.42. The van der Waals surface area contributed by atoms with E-state index in [9.17, 15) is 4.79 Å². The number of nitrogens with one attached hydrogen (secondary N) is 2. The average Bonchev–Trinajstić information content (AvgIpc) is 2.78. The second-order valence-electron chi connectivity index (χ2n) is 5.41. The summed E-state index contributed by atoms with van der Waals surface area (Å²) in [7, 11) is 1.75. The molecule has 17 heavy (non-hydrogen) atoms. The lowest BCUT2D eigenvalue weighted by molar-refractivity contribution is -0.125. The van der Waals surface area contributed by atoms with Gasteiger partial charge in [-0.2, -0.15) is 0 Å². The number of ether oxygens (including phenoxy) is 1. The first-order valence-electron chi connectivity index (χ1n) is 6.77. The van der Waals surface area contributed by atoms with Crippen molar-refractivity contribution < 1.29 is 9.53 Å². The van der Waals surface area contributed by atoms with Gasteiger partial charge >= 0.3 is 0 Å². The van der Waals surface area contributed by atoms with Crippen molar-refractivity contribution in [3.05, 3.63) is 0 Å². The molecule has 1 heterocycles. The topological polar surface area (TPSA) is 50.4 Å². The maximum Gasteiger partial charge on any atom is 0.220 e. The average molecular weight is 240 g/mol. The van der Waals surface area contributed by atoms with Crippen LogP contribution in [0.2, 0.25) is 0 Å². The summed E-state index contributed by atoms with van der Waals surface area (Å²) in [6.45, 7) is 2.87. The molecule has 0 spiro atoms. The zero-order valence-electron chi connectivity index (χ0n) is 10.8. The van der Waals surface area contributed by atoms with Crippen LogP contribution in [0.3, 0.4) is 0 Å². The van der Waals surface area contributed by atoms with E-state index in [2.05, 4.69) is 10.6 Å².